The number of carbonyl (C=O) groups is 2. The molecule has 0 saturated carbocycles. The molecule has 0 aliphatic carbocycles. The number of carboxylic acids is 1. The Balaban J connectivity index is -0.000000125. The number of carboxylic acid groups (broad SMARTS) is 1. The van der Waals surface area contributed by atoms with Crippen molar-refractivity contribution >= 4 is 65.3 Å². The molecule has 21 heteroatoms. The van der Waals surface area contributed by atoms with Crippen LogP contribution in [-0.2, 0) is 44.7 Å². The van der Waals surface area contributed by atoms with Crippen LogP contribution in [0.15, 0.2) is 0 Å². The maximum Gasteiger partial charge on any atom is 2.00 e. The van der Waals surface area contributed by atoms with Gasteiger partial charge in [-0.2, -0.15) is 0 Å². The Morgan fingerprint density at radius 1 is 0.806 bits per heavy atom. The molecular formula is C15H36MgN4O13S3. The first-order chi connectivity index (χ1) is 15.4. The minimum absolute atomic E-state index is 0. The molecule has 0 spiro atoms. The Labute approximate surface area is 228 Å². The number of nitrogens with zero attached hydrogens (tertiary/aromatic N) is 1. The van der Waals surface area contributed by atoms with Crippen molar-refractivity contribution < 1.29 is 62.8 Å². The molecule has 214 valence electrons. The topological polar surface area (TPSA) is 313 Å². The maximum atomic E-state index is 10.7. The van der Waals surface area contributed by atoms with E-state index in [0.29, 0.717) is 11.0 Å². The van der Waals surface area contributed by atoms with Crippen LogP contribution in [0.25, 0.3) is 0 Å². The maximum absolute atomic E-state index is 10.7. The average Bonchev–Trinajstić information content (AvgIpc) is 2.49. The van der Waals surface area contributed by atoms with Gasteiger partial charge in [-0.25, -0.2) is 25.3 Å². The van der Waals surface area contributed by atoms with Crippen LogP contribution in [0.2, 0.25) is 0 Å². The second-order valence-corrected chi connectivity index (χ2v) is 12.0. The van der Waals surface area contributed by atoms with Gasteiger partial charge in [0.1, 0.15) is 6.54 Å². The van der Waals surface area contributed by atoms with Gasteiger partial charge in [0.15, 0.2) is 6.10 Å². The summed E-state index contributed by atoms with van der Waals surface area (Å²) in [5.74, 6) is -2.79. The van der Waals surface area contributed by atoms with E-state index >= 15 is 0 Å². The molecule has 36 heavy (non-hydrogen) atoms. The van der Waals surface area contributed by atoms with Crippen LogP contribution in [0.1, 0.15) is 13.3 Å². The van der Waals surface area contributed by atoms with Gasteiger partial charge in [-0.1, -0.05) is 0 Å². The van der Waals surface area contributed by atoms with Gasteiger partial charge in [0.25, 0.3) is 0 Å². The summed E-state index contributed by atoms with van der Waals surface area (Å²) in [6.07, 6.45) is -0.695. The minimum Gasteiger partial charge on any atom is -0.748 e. The van der Waals surface area contributed by atoms with Crippen LogP contribution in [0.3, 0.4) is 0 Å². The van der Waals surface area contributed by atoms with E-state index in [-0.39, 0.29) is 49.1 Å². The molecule has 0 bridgehead atoms. The molecule has 1 atom stereocenters. The fourth-order valence-electron chi connectivity index (χ4n) is 1.62. The Kier molecular flexibility index (Phi) is 28.0. The van der Waals surface area contributed by atoms with Crippen LogP contribution in [0.4, 0.5) is 0 Å². The monoisotopic (exact) mass is 600 g/mol. The van der Waals surface area contributed by atoms with Crippen LogP contribution in [0, 0.1) is 0 Å². The fourth-order valence-corrected chi connectivity index (χ4v) is 2.48. The van der Waals surface area contributed by atoms with Crippen LogP contribution in [-0.4, -0.2) is 154 Å². The summed E-state index contributed by atoms with van der Waals surface area (Å²) in [5.41, 5.74) is 14.2. The van der Waals surface area contributed by atoms with Gasteiger partial charge < -0.3 is 45.2 Å². The van der Waals surface area contributed by atoms with Crippen molar-refractivity contribution in [3.05, 3.63) is 0 Å². The molecule has 0 radical (unpaired) electrons. The van der Waals surface area contributed by atoms with Crippen molar-refractivity contribution in [2.75, 3.05) is 64.6 Å². The van der Waals surface area contributed by atoms with Crippen molar-refractivity contribution in [1.29, 1.82) is 0 Å². The Bertz CT molecular complexity index is 809. The largest absolute Gasteiger partial charge is 2.00 e. The Hall–Kier alpha value is -0.724. The summed E-state index contributed by atoms with van der Waals surface area (Å²) >= 11 is 0. The molecule has 7 N–H and O–H groups in total. The third-order valence-corrected chi connectivity index (χ3v) is 4.80. The Morgan fingerprint density at radius 3 is 1.19 bits per heavy atom. The SMILES string of the molecule is CC(=O)O[C@H](CC(=O)O)C[N+](C)(C)C.NCCS(=O)(=O)[O-].NCCS(=O)(=O)[O-].NCCS(=O)(=O)[O-].[Mg+2]. The number of quaternary nitrogens is 1. The standard InChI is InChI=1S/C9H17NO4.3C2H7NO3S.Mg/c1-7(11)14-8(5-9(12)13)6-10(2,3)4;3*3-1-2-7(4,5)6;/h8H,5-6H2,1-4H3;3*1-3H2,(H,4,5,6);/q;;;;+2/p-2/t8-;;;;/m1..../s1. The molecule has 0 aliphatic rings. The molecule has 0 heterocycles. The summed E-state index contributed by atoms with van der Waals surface area (Å²) < 4.78 is 91.8. The first-order valence-electron chi connectivity index (χ1n) is 9.49. The molecule has 0 fully saturated rings. The van der Waals surface area contributed by atoms with Gasteiger partial charge in [-0.15, -0.1) is 0 Å². The zero-order valence-corrected chi connectivity index (χ0v) is 24.6. The molecule has 0 aromatic carbocycles. The second kappa shape index (κ2) is 22.3. The number of rotatable bonds is 11. The van der Waals surface area contributed by atoms with E-state index in [2.05, 4.69) is 0 Å². The zero-order chi connectivity index (χ0) is 29.1. The third-order valence-electron chi connectivity index (χ3n) is 2.59. The Morgan fingerprint density at radius 2 is 1.08 bits per heavy atom. The smallest absolute Gasteiger partial charge is 0.748 e. The number of carbonyl (C=O) groups excluding carboxylic acids is 1. The van der Waals surface area contributed by atoms with Crippen molar-refractivity contribution in [3.63, 3.8) is 0 Å². The van der Waals surface area contributed by atoms with E-state index in [1.54, 1.807) is 0 Å². The van der Waals surface area contributed by atoms with E-state index in [1.807, 2.05) is 21.1 Å². The van der Waals surface area contributed by atoms with E-state index in [9.17, 15) is 48.5 Å². The van der Waals surface area contributed by atoms with Crippen molar-refractivity contribution in [1.82, 2.24) is 0 Å². The van der Waals surface area contributed by atoms with Crippen LogP contribution >= 0.6 is 0 Å². The van der Waals surface area contributed by atoms with E-state index in [4.69, 9.17) is 27.0 Å². The zero-order valence-electron chi connectivity index (χ0n) is 20.7. The third kappa shape index (κ3) is 58.8. The van der Waals surface area contributed by atoms with Gasteiger partial charge in [-0.3, -0.25) is 9.59 Å². The number of ether oxygens (including phenoxy) is 1. The minimum atomic E-state index is -4.05. The van der Waals surface area contributed by atoms with Gasteiger partial charge in [-0.05, 0) is 0 Å². The molecule has 0 unspecified atom stereocenters. The normalized spacial score (nSPS) is 12.1. The van der Waals surface area contributed by atoms with Gasteiger partial charge >= 0.3 is 35.0 Å². The first-order valence-corrected chi connectivity index (χ1v) is 14.2. The summed E-state index contributed by atoms with van der Waals surface area (Å²) in [4.78, 5) is 21.2. The number of likely N-dealkylation sites (N-methyl/N-ethyl adjacent to an activating group) is 1. The number of hydrogen-bond donors (Lipinski definition) is 4. The summed E-state index contributed by atoms with van der Waals surface area (Å²) in [6.45, 7) is 1.50. The predicted octanol–water partition coefficient (Wildman–Crippen LogP) is -4.81. The molecule has 0 amide bonds. The van der Waals surface area contributed by atoms with Crippen LogP contribution in [0.5, 0.6) is 0 Å². The van der Waals surface area contributed by atoms with Crippen molar-refractivity contribution in [2.24, 2.45) is 17.2 Å². The van der Waals surface area contributed by atoms with Crippen molar-refractivity contribution in [2.45, 2.75) is 19.4 Å². The number of aliphatic carboxylic acids is 1. The van der Waals surface area contributed by atoms with E-state index < -0.39 is 65.7 Å². The molecule has 0 aromatic heterocycles. The van der Waals surface area contributed by atoms with Gasteiger partial charge in [0, 0.05) is 26.6 Å². The molecule has 17 nitrogen and oxygen atoms in total. The average molecular weight is 601 g/mol. The number of nitrogens with two attached hydrogens (primary N) is 3. The second-order valence-electron chi connectivity index (χ2n) is 7.45. The predicted molar refractivity (Wildman–Crippen MR) is 127 cm³/mol. The molecule has 0 aromatic rings. The number of hydrogen-bond acceptors (Lipinski definition) is 15. The van der Waals surface area contributed by atoms with Gasteiger partial charge in [0.05, 0.1) is 75.2 Å². The summed E-state index contributed by atoms with van der Waals surface area (Å²) in [7, 11) is -6.40. The number of esters is 1. The quantitative estimate of drug-likeness (QED) is 0.0747. The van der Waals surface area contributed by atoms with Gasteiger partial charge in [0.2, 0.25) is 0 Å². The summed E-state index contributed by atoms with van der Waals surface area (Å²) in [5, 5.41) is 8.60. The van der Waals surface area contributed by atoms with E-state index in [0.717, 1.165) is 0 Å². The first kappa shape index (κ1) is 45.2. The van der Waals surface area contributed by atoms with Crippen molar-refractivity contribution in [3.8, 4) is 0 Å². The summed E-state index contributed by atoms with van der Waals surface area (Å²) in [6, 6.07) is 0. The molecular weight excluding hydrogens is 565 g/mol. The van der Waals surface area contributed by atoms with Crippen LogP contribution < -0.4 is 17.2 Å². The molecule has 0 rings (SSSR count). The molecule has 0 saturated heterocycles. The fraction of sp³-hybridized carbons (Fsp3) is 0.867. The molecule has 0 aliphatic heterocycles. The van der Waals surface area contributed by atoms with E-state index in [1.165, 1.54) is 6.92 Å².